The van der Waals surface area contributed by atoms with Gasteiger partial charge in [0.2, 0.25) is 12.8 Å². The molecule has 0 radical (unpaired) electrons. The summed E-state index contributed by atoms with van der Waals surface area (Å²) in [6.45, 7) is 0.189. The van der Waals surface area contributed by atoms with Crippen molar-refractivity contribution in [2.24, 2.45) is 10.2 Å². The number of azo groups is 1. The maximum absolute atomic E-state index is 8.49. The largest absolute Gasteiger partial charge is 0.454 e. The van der Waals surface area contributed by atoms with Crippen molar-refractivity contribution in [2.45, 2.75) is 6.04 Å². The molecule has 0 bridgehead atoms. The zero-order valence-corrected chi connectivity index (χ0v) is 8.12. The quantitative estimate of drug-likeness (QED) is 0.703. The van der Waals surface area contributed by atoms with Gasteiger partial charge in [-0.1, -0.05) is 0 Å². The van der Waals surface area contributed by atoms with Crippen LogP contribution in [0.1, 0.15) is 0 Å². The highest BCUT2D eigenvalue weighted by molar-refractivity contribution is 5.52. The lowest BCUT2D eigenvalue weighted by Crippen LogP contribution is -1.92. The second-order valence-corrected chi connectivity index (χ2v) is 2.91. The Morgan fingerprint density at radius 2 is 1.94 bits per heavy atom. The summed E-state index contributed by atoms with van der Waals surface area (Å²) in [5.41, 5.74) is 0.514. The van der Waals surface area contributed by atoms with Crippen LogP contribution in [-0.4, -0.2) is 12.8 Å². The van der Waals surface area contributed by atoms with Crippen LogP contribution in [0, 0.1) is 22.7 Å². The van der Waals surface area contributed by atoms with Crippen molar-refractivity contribution in [3.05, 3.63) is 18.2 Å². The molecule has 1 heterocycles. The van der Waals surface area contributed by atoms with Crippen LogP contribution in [-0.2, 0) is 0 Å². The molecule has 1 aliphatic rings. The molecular formula is C10H6N4O2. The van der Waals surface area contributed by atoms with Crippen LogP contribution in [0.5, 0.6) is 11.5 Å². The number of hydrogen-bond acceptors (Lipinski definition) is 6. The van der Waals surface area contributed by atoms with Crippen molar-refractivity contribution in [1.29, 1.82) is 10.5 Å². The van der Waals surface area contributed by atoms with E-state index >= 15 is 0 Å². The first-order valence-corrected chi connectivity index (χ1v) is 4.43. The predicted octanol–water partition coefficient (Wildman–Crippen LogP) is 1.91. The van der Waals surface area contributed by atoms with Crippen molar-refractivity contribution < 1.29 is 9.47 Å². The van der Waals surface area contributed by atoms with Gasteiger partial charge in [-0.15, -0.1) is 0 Å². The minimum Gasteiger partial charge on any atom is -0.454 e. The van der Waals surface area contributed by atoms with Crippen molar-refractivity contribution in [3.8, 4) is 23.6 Å². The van der Waals surface area contributed by atoms with E-state index in [1.54, 1.807) is 30.3 Å². The molecule has 0 aromatic heterocycles. The summed E-state index contributed by atoms with van der Waals surface area (Å²) in [5, 5.41) is 24.3. The summed E-state index contributed by atoms with van der Waals surface area (Å²) in [4.78, 5) is 0. The van der Waals surface area contributed by atoms with Crippen molar-refractivity contribution in [1.82, 2.24) is 0 Å². The predicted molar refractivity (Wildman–Crippen MR) is 52.1 cm³/mol. The molecule has 0 amide bonds. The van der Waals surface area contributed by atoms with Gasteiger partial charge in [-0.2, -0.15) is 20.8 Å². The standard InChI is InChI=1S/C10H6N4O2/c11-4-8(5-12)14-13-7-1-2-9-10(3-7)16-6-15-9/h1-3,8H,6H2. The van der Waals surface area contributed by atoms with Gasteiger partial charge >= 0.3 is 0 Å². The van der Waals surface area contributed by atoms with E-state index in [0.717, 1.165) is 0 Å². The SMILES string of the molecule is N#CC(C#N)N=Nc1ccc2c(c1)OCO2. The Morgan fingerprint density at radius 3 is 2.69 bits per heavy atom. The molecule has 6 nitrogen and oxygen atoms in total. The third-order valence-corrected chi connectivity index (χ3v) is 1.89. The van der Waals surface area contributed by atoms with Crippen molar-refractivity contribution in [2.75, 3.05) is 6.79 Å². The zero-order valence-electron chi connectivity index (χ0n) is 8.12. The molecule has 0 spiro atoms. The summed E-state index contributed by atoms with van der Waals surface area (Å²) in [6, 6.07) is 7.32. The Kier molecular flexibility index (Phi) is 2.66. The van der Waals surface area contributed by atoms with Crippen LogP contribution in [0.4, 0.5) is 5.69 Å². The van der Waals surface area contributed by atoms with E-state index in [-0.39, 0.29) is 6.79 Å². The molecule has 1 aliphatic heterocycles. The molecule has 0 saturated carbocycles. The van der Waals surface area contributed by atoms with Crippen LogP contribution in [0.25, 0.3) is 0 Å². The van der Waals surface area contributed by atoms with E-state index in [0.29, 0.717) is 17.2 Å². The molecule has 0 N–H and O–H groups in total. The molecule has 0 saturated heterocycles. The van der Waals surface area contributed by atoms with Gasteiger partial charge in [0.1, 0.15) is 12.1 Å². The Hall–Kier alpha value is -2.60. The number of hydrogen-bond donors (Lipinski definition) is 0. The highest BCUT2D eigenvalue weighted by atomic mass is 16.7. The average Bonchev–Trinajstić information content (AvgIpc) is 2.77. The molecule has 78 valence electrons. The average molecular weight is 214 g/mol. The number of nitriles is 2. The lowest BCUT2D eigenvalue weighted by atomic mass is 10.3. The van der Waals surface area contributed by atoms with Gasteiger partial charge in [0.15, 0.2) is 11.5 Å². The summed E-state index contributed by atoms with van der Waals surface area (Å²) < 4.78 is 10.3. The number of nitrogens with zero attached hydrogens (tertiary/aromatic N) is 4. The minimum atomic E-state index is -1.08. The van der Waals surface area contributed by atoms with Crippen LogP contribution in [0.2, 0.25) is 0 Å². The number of ether oxygens (including phenoxy) is 2. The van der Waals surface area contributed by atoms with E-state index < -0.39 is 6.04 Å². The van der Waals surface area contributed by atoms with E-state index in [2.05, 4.69) is 10.2 Å². The summed E-state index contributed by atoms with van der Waals surface area (Å²) in [7, 11) is 0. The van der Waals surface area contributed by atoms with Gasteiger partial charge in [-0.3, -0.25) is 0 Å². The summed E-state index contributed by atoms with van der Waals surface area (Å²) in [5.74, 6) is 1.23. The molecule has 1 aromatic rings. The third-order valence-electron chi connectivity index (χ3n) is 1.89. The topological polar surface area (TPSA) is 90.8 Å². The highest BCUT2D eigenvalue weighted by Gasteiger charge is 2.13. The monoisotopic (exact) mass is 214 g/mol. The number of fused-ring (bicyclic) bond motifs is 1. The Morgan fingerprint density at radius 1 is 1.19 bits per heavy atom. The molecule has 16 heavy (non-hydrogen) atoms. The molecule has 6 heteroatoms. The van der Waals surface area contributed by atoms with Gasteiger partial charge in [0.05, 0.1) is 5.69 Å². The fraction of sp³-hybridized carbons (Fsp3) is 0.200. The second-order valence-electron chi connectivity index (χ2n) is 2.91. The minimum absolute atomic E-state index is 0.189. The number of benzene rings is 1. The van der Waals surface area contributed by atoms with E-state index in [9.17, 15) is 0 Å². The molecule has 0 aliphatic carbocycles. The van der Waals surface area contributed by atoms with Crippen LogP contribution < -0.4 is 9.47 Å². The van der Waals surface area contributed by atoms with Crippen molar-refractivity contribution in [3.63, 3.8) is 0 Å². The normalized spacial score (nSPS) is 12.7. The van der Waals surface area contributed by atoms with E-state index in [1.807, 2.05) is 0 Å². The van der Waals surface area contributed by atoms with Gasteiger partial charge in [0.25, 0.3) is 0 Å². The first-order chi connectivity index (χ1) is 7.83. The Labute approximate surface area is 91.3 Å². The third kappa shape index (κ3) is 1.91. The van der Waals surface area contributed by atoms with Gasteiger partial charge < -0.3 is 9.47 Å². The molecule has 0 atom stereocenters. The Balaban J connectivity index is 2.18. The van der Waals surface area contributed by atoms with Crippen LogP contribution in [0.15, 0.2) is 28.4 Å². The molecule has 0 unspecified atom stereocenters. The lowest BCUT2D eigenvalue weighted by Gasteiger charge is -1.96. The maximum Gasteiger partial charge on any atom is 0.242 e. The first kappa shape index (κ1) is 9.94. The highest BCUT2D eigenvalue weighted by Crippen LogP contribution is 2.35. The van der Waals surface area contributed by atoms with Crippen LogP contribution in [0.3, 0.4) is 0 Å². The fourth-order valence-corrected chi connectivity index (χ4v) is 1.15. The molecular weight excluding hydrogens is 208 g/mol. The van der Waals surface area contributed by atoms with Gasteiger partial charge in [-0.25, -0.2) is 0 Å². The van der Waals surface area contributed by atoms with E-state index in [1.165, 1.54) is 0 Å². The zero-order chi connectivity index (χ0) is 11.4. The fourth-order valence-electron chi connectivity index (χ4n) is 1.15. The van der Waals surface area contributed by atoms with Gasteiger partial charge in [0, 0.05) is 6.07 Å². The molecule has 0 fully saturated rings. The van der Waals surface area contributed by atoms with Gasteiger partial charge in [-0.05, 0) is 12.1 Å². The summed E-state index contributed by atoms with van der Waals surface area (Å²) >= 11 is 0. The maximum atomic E-state index is 8.49. The molecule has 1 aromatic carbocycles. The van der Waals surface area contributed by atoms with E-state index in [4.69, 9.17) is 20.0 Å². The van der Waals surface area contributed by atoms with Crippen molar-refractivity contribution >= 4 is 5.69 Å². The second kappa shape index (κ2) is 4.28. The summed E-state index contributed by atoms with van der Waals surface area (Å²) in [6.07, 6.45) is 0. The molecule has 2 rings (SSSR count). The smallest absolute Gasteiger partial charge is 0.242 e. The number of rotatable bonds is 2. The van der Waals surface area contributed by atoms with Crippen LogP contribution >= 0.6 is 0 Å². The lowest BCUT2D eigenvalue weighted by molar-refractivity contribution is 0.174. The Bertz CT molecular complexity index is 499. The first-order valence-electron chi connectivity index (χ1n) is 4.43.